The molecule has 1 aliphatic rings. The van der Waals surface area contributed by atoms with Crippen LogP contribution in [0.3, 0.4) is 0 Å². The summed E-state index contributed by atoms with van der Waals surface area (Å²) < 4.78 is 10.7. The van der Waals surface area contributed by atoms with Gasteiger partial charge in [0, 0.05) is 22.7 Å². The molecule has 1 N–H and O–H groups in total. The predicted octanol–water partition coefficient (Wildman–Crippen LogP) is 4.25. The molecule has 0 radical (unpaired) electrons. The summed E-state index contributed by atoms with van der Waals surface area (Å²) in [7, 11) is 0. The van der Waals surface area contributed by atoms with E-state index >= 15 is 0 Å². The normalized spacial score (nSPS) is 14.4. The van der Waals surface area contributed by atoms with Gasteiger partial charge in [0.2, 0.25) is 6.79 Å². The van der Waals surface area contributed by atoms with Gasteiger partial charge in [0.1, 0.15) is 5.01 Å². The second-order valence-corrected chi connectivity index (χ2v) is 6.40. The summed E-state index contributed by atoms with van der Waals surface area (Å²) in [6.45, 7) is 5.54. The highest BCUT2D eigenvalue weighted by Gasteiger charge is 2.20. The zero-order valence-corrected chi connectivity index (χ0v) is 13.6. The number of aromatic nitrogens is 1. The van der Waals surface area contributed by atoms with E-state index in [1.807, 2.05) is 18.3 Å². The summed E-state index contributed by atoms with van der Waals surface area (Å²) >= 11 is 7.89. The first-order valence-electron chi connectivity index (χ1n) is 6.97. The standard InChI is InChI=1S/C15H17ClN2O2S/c1-3-4-17-9(2)13-7-18-15(21-13)10-5-11(16)14-12(6-10)19-8-20-14/h5-7,9,17H,3-4,8H2,1-2H3. The lowest BCUT2D eigenvalue weighted by Gasteiger charge is -2.09. The molecule has 0 spiro atoms. The molecule has 0 saturated carbocycles. The van der Waals surface area contributed by atoms with Gasteiger partial charge in [-0.05, 0) is 32.0 Å². The van der Waals surface area contributed by atoms with Gasteiger partial charge in [-0.15, -0.1) is 11.3 Å². The molecule has 0 amide bonds. The van der Waals surface area contributed by atoms with Gasteiger partial charge in [-0.25, -0.2) is 4.98 Å². The van der Waals surface area contributed by atoms with E-state index in [2.05, 4.69) is 24.1 Å². The largest absolute Gasteiger partial charge is 0.454 e. The molecule has 0 fully saturated rings. The first-order valence-corrected chi connectivity index (χ1v) is 8.17. The molecule has 3 rings (SSSR count). The second kappa shape index (κ2) is 6.22. The van der Waals surface area contributed by atoms with Crippen LogP contribution >= 0.6 is 22.9 Å². The van der Waals surface area contributed by atoms with Crippen molar-refractivity contribution in [3.63, 3.8) is 0 Å². The minimum absolute atomic E-state index is 0.222. The van der Waals surface area contributed by atoms with E-state index in [9.17, 15) is 0 Å². The molecular formula is C15H17ClN2O2S. The number of hydrogen-bond donors (Lipinski definition) is 1. The Kier molecular flexibility index (Phi) is 4.33. The minimum atomic E-state index is 0.222. The molecule has 1 atom stereocenters. The van der Waals surface area contributed by atoms with Crippen molar-refractivity contribution in [2.45, 2.75) is 26.3 Å². The second-order valence-electron chi connectivity index (χ2n) is 4.94. The SMILES string of the molecule is CCCNC(C)c1cnc(-c2cc(Cl)c3c(c2)OCO3)s1. The van der Waals surface area contributed by atoms with Crippen LogP contribution in [0.1, 0.15) is 31.2 Å². The number of rotatable bonds is 5. The smallest absolute Gasteiger partial charge is 0.231 e. The van der Waals surface area contributed by atoms with Gasteiger partial charge in [-0.1, -0.05) is 18.5 Å². The number of nitrogens with zero attached hydrogens (tertiary/aromatic N) is 1. The maximum Gasteiger partial charge on any atom is 0.231 e. The lowest BCUT2D eigenvalue weighted by atomic mass is 10.2. The molecule has 2 heterocycles. The van der Waals surface area contributed by atoms with Crippen molar-refractivity contribution < 1.29 is 9.47 Å². The Morgan fingerprint density at radius 3 is 3.10 bits per heavy atom. The predicted molar refractivity (Wildman–Crippen MR) is 85.4 cm³/mol. The van der Waals surface area contributed by atoms with Crippen LogP contribution < -0.4 is 14.8 Å². The fraction of sp³-hybridized carbons (Fsp3) is 0.400. The number of hydrogen-bond acceptors (Lipinski definition) is 5. The molecule has 0 aliphatic carbocycles. The van der Waals surface area contributed by atoms with Crippen molar-refractivity contribution >= 4 is 22.9 Å². The minimum Gasteiger partial charge on any atom is -0.454 e. The van der Waals surface area contributed by atoms with E-state index in [1.54, 1.807) is 11.3 Å². The quantitative estimate of drug-likeness (QED) is 0.892. The van der Waals surface area contributed by atoms with Crippen molar-refractivity contribution in [2.75, 3.05) is 13.3 Å². The lowest BCUT2D eigenvalue weighted by Crippen LogP contribution is -2.18. The molecular weight excluding hydrogens is 308 g/mol. The van der Waals surface area contributed by atoms with E-state index in [-0.39, 0.29) is 6.79 Å². The average molecular weight is 325 g/mol. The van der Waals surface area contributed by atoms with Gasteiger partial charge in [0.25, 0.3) is 0 Å². The van der Waals surface area contributed by atoms with Crippen molar-refractivity contribution in [1.82, 2.24) is 10.3 Å². The zero-order chi connectivity index (χ0) is 14.8. The number of fused-ring (bicyclic) bond motifs is 1. The molecule has 1 unspecified atom stereocenters. The first-order chi connectivity index (χ1) is 10.2. The van der Waals surface area contributed by atoms with Crippen molar-refractivity contribution in [3.05, 3.63) is 28.2 Å². The molecule has 2 aromatic rings. The summed E-state index contributed by atoms with van der Waals surface area (Å²) in [5, 5.41) is 4.97. The van der Waals surface area contributed by atoms with E-state index < -0.39 is 0 Å². The third-order valence-electron chi connectivity index (χ3n) is 3.33. The van der Waals surface area contributed by atoms with Gasteiger partial charge >= 0.3 is 0 Å². The van der Waals surface area contributed by atoms with Gasteiger partial charge < -0.3 is 14.8 Å². The number of nitrogens with one attached hydrogen (secondary N) is 1. The molecule has 0 saturated heterocycles. The van der Waals surface area contributed by atoms with E-state index in [0.29, 0.717) is 22.6 Å². The van der Waals surface area contributed by atoms with Crippen LogP contribution in [0.5, 0.6) is 11.5 Å². The van der Waals surface area contributed by atoms with Crippen LogP contribution in [0.25, 0.3) is 10.6 Å². The van der Waals surface area contributed by atoms with Crippen LogP contribution in [-0.2, 0) is 0 Å². The number of ether oxygens (including phenoxy) is 2. The molecule has 1 aliphatic heterocycles. The summed E-state index contributed by atoms with van der Waals surface area (Å²) in [4.78, 5) is 5.72. The average Bonchev–Trinajstić information content (AvgIpc) is 3.13. The van der Waals surface area contributed by atoms with Crippen LogP contribution in [0.4, 0.5) is 0 Å². The topological polar surface area (TPSA) is 43.4 Å². The maximum atomic E-state index is 6.22. The molecule has 112 valence electrons. The maximum absolute atomic E-state index is 6.22. The monoisotopic (exact) mass is 324 g/mol. The van der Waals surface area contributed by atoms with Gasteiger partial charge in [0.05, 0.1) is 5.02 Å². The molecule has 4 nitrogen and oxygen atoms in total. The van der Waals surface area contributed by atoms with Crippen LogP contribution in [-0.4, -0.2) is 18.3 Å². The molecule has 6 heteroatoms. The Morgan fingerprint density at radius 2 is 2.29 bits per heavy atom. The van der Waals surface area contributed by atoms with Gasteiger partial charge in [-0.3, -0.25) is 0 Å². The number of benzene rings is 1. The summed E-state index contributed by atoms with van der Waals surface area (Å²) in [5.74, 6) is 1.31. The van der Waals surface area contributed by atoms with Gasteiger partial charge in [0.15, 0.2) is 11.5 Å². The Morgan fingerprint density at radius 1 is 1.43 bits per heavy atom. The Bertz CT molecular complexity index is 645. The molecule has 21 heavy (non-hydrogen) atoms. The van der Waals surface area contributed by atoms with E-state index in [4.69, 9.17) is 21.1 Å². The highest BCUT2D eigenvalue weighted by Crippen LogP contribution is 2.43. The first kappa shape index (κ1) is 14.6. The van der Waals surface area contributed by atoms with Crippen LogP contribution in [0.2, 0.25) is 5.02 Å². The third-order valence-corrected chi connectivity index (χ3v) is 4.83. The lowest BCUT2D eigenvalue weighted by molar-refractivity contribution is 0.174. The van der Waals surface area contributed by atoms with E-state index in [1.165, 1.54) is 4.88 Å². The Hall–Kier alpha value is -1.30. The highest BCUT2D eigenvalue weighted by molar-refractivity contribution is 7.15. The van der Waals surface area contributed by atoms with Crippen molar-refractivity contribution in [2.24, 2.45) is 0 Å². The number of thiazole rings is 1. The zero-order valence-electron chi connectivity index (χ0n) is 12.0. The van der Waals surface area contributed by atoms with Crippen LogP contribution in [0, 0.1) is 0 Å². The van der Waals surface area contributed by atoms with Crippen LogP contribution in [0.15, 0.2) is 18.3 Å². The summed E-state index contributed by atoms with van der Waals surface area (Å²) in [5.41, 5.74) is 0.961. The fourth-order valence-electron chi connectivity index (χ4n) is 2.17. The molecule has 1 aromatic carbocycles. The molecule has 1 aromatic heterocycles. The van der Waals surface area contributed by atoms with Gasteiger partial charge in [-0.2, -0.15) is 0 Å². The Labute approximate surface area is 133 Å². The summed E-state index contributed by atoms with van der Waals surface area (Å²) in [6.07, 6.45) is 3.04. The molecule has 0 bridgehead atoms. The summed E-state index contributed by atoms with van der Waals surface area (Å²) in [6, 6.07) is 4.11. The number of halogens is 1. The Balaban J connectivity index is 1.85. The third kappa shape index (κ3) is 3.00. The van der Waals surface area contributed by atoms with E-state index in [0.717, 1.165) is 23.5 Å². The van der Waals surface area contributed by atoms with Crippen molar-refractivity contribution in [3.8, 4) is 22.1 Å². The highest BCUT2D eigenvalue weighted by atomic mass is 35.5. The van der Waals surface area contributed by atoms with Crippen molar-refractivity contribution in [1.29, 1.82) is 0 Å². The fourth-order valence-corrected chi connectivity index (χ4v) is 3.37.